The van der Waals surface area contributed by atoms with Gasteiger partial charge >= 0.3 is 11.9 Å². The molecule has 0 saturated heterocycles. The molecule has 0 radical (unpaired) electrons. The molecule has 0 unspecified atom stereocenters. The number of carbonyl (C=O) groups excluding carboxylic acids is 6. The van der Waals surface area contributed by atoms with Gasteiger partial charge in [0.05, 0.1) is 18.1 Å². The Morgan fingerprint density at radius 2 is 0.776 bits per heavy atom. The second-order valence-electron chi connectivity index (χ2n) is 19.2. The number of nitrogens with zero attached hydrogens (tertiary/aromatic N) is 2. The van der Waals surface area contributed by atoms with Gasteiger partial charge in [0.15, 0.2) is 29.3 Å². The number of amides is 3. The highest BCUT2D eigenvalue weighted by molar-refractivity contribution is 5.97. The van der Waals surface area contributed by atoms with Gasteiger partial charge in [-0.1, -0.05) is 112 Å². The number of rotatable bonds is 34. The van der Waals surface area contributed by atoms with Crippen LogP contribution in [0.25, 0.3) is 0 Å². The van der Waals surface area contributed by atoms with Crippen molar-refractivity contribution in [3.05, 3.63) is 108 Å². The molecule has 76 heavy (non-hydrogen) atoms. The summed E-state index contributed by atoms with van der Waals surface area (Å²) in [6, 6.07) is 28.0. The standard InChI is InChI=1S/2C19H28N4O4.C18H28N2O2/c2*1-13(10-14-6-3-2-4-7-14)11-16(24)15(8-5-9-22-19(20)21)23-17(25)12-18(26)27;1-14(12-16-8-4-3-5-9-16)13-18(22)17(20-15(2)21)10-6-7-11-19/h2*2-4,6-7,13,15H,5,8-12H2,1H3,(H,23,25)(H,26,27)(H4,20,21,22);3-5,8-9,14,17H,6-7,10-13,19H2,1-2H3,(H,20,21)/t2*13-,15-;14-,17-/m000/s1. The van der Waals surface area contributed by atoms with E-state index in [2.05, 4.69) is 45.0 Å². The Kier molecular flexibility index (Phi) is 34.1. The summed E-state index contributed by atoms with van der Waals surface area (Å²) in [5.41, 5.74) is 30.1. The number of guanidine groups is 2. The molecule has 0 spiro atoms. The summed E-state index contributed by atoms with van der Waals surface area (Å²) in [6.07, 6.45) is 6.19. The highest BCUT2D eigenvalue weighted by atomic mass is 16.4. The van der Waals surface area contributed by atoms with Crippen LogP contribution in [0.2, 0.25) is 0 Å². The van der Waals surface area contributed by atoms with E-state index in [4.69, 9.17) is 38.9 Å². The molecule has 3 aromatic rings. The zero-order valence-corrected chi connectivity index (χ0v) is 44.8. The topological polar surface area (TPSA) is 368 Å². The van der Waals surface area contributed by atoms with Gasteiger partial charge in [-0.15, -0.1) is 0 Å². The molecule has 418 valence electrons. The molecular formula is C56H84N10O10. The van der Waals surface area contributed by atoms with Crippen molar-refractivity contribution in [1.82, 2.24) is 16.0 Å². The van der Waals surface area contributed by atoms with Gasteiger partial charge in [-0.3, -0.25) is 48.3 Å². The van der Waals surface area contributed by atoms with Crippen LogP contribution < -0.4 is 44.6 Å². The van der Waals surface area contributed by atoms with Crippen LogP contribution in [0.3, 0.4) is 0 Å². The van der Waals surface area contributed by atoms with Crippen LogP contribution in [0.15, 0.2) is 101 Å². The minimum Gasteiger partial charge on any atom is -0.481 e. The number of nitrogens with one attached hydrogen (secondary N) is 3. The molecule has 15 N–H and O–H groups in total. The van der Waals surface area contributed by atoms with Crippen molar-refractivity contribution in [3.63, 3.8) is 0 Å². The van der Waals surface area contributed by atoms with E-state index in [-0.39, 0.29) is 71.8 Å². The van der Waals surface area contributed by atoms with E-state index >= 15 is 0 Å². The summed E-state index contributed by atoms with van der Waals surface area (Å²) in [4.78, 5) is 102. The summed E-state index contributed by atoms with van der Waals surface area (Å²) >= 11 is 0. The van der Waals surface area contributed by atoms with Crippen molar-refractivity contribution < 1.29 is 48.6 Å². The van der Waals surface area contributed by atoms with Gasteiger partial charge in [-0.25, -0.2) is 0 Å². The minimum absolute atomic E-state index is 0.0377. The molecule has 0 saturated carbocycles. The number of unbranched alkanes of at least 4 members (excludes halogenated alkanes) is 1. The number of hydrogen-bond donors (Lipinski definition) is 10. The van der Waals surface area contributed by atoms with Gasteiger partial charge in [0.1, 0.15) is 12.8 Å². The summed E-state index contributed by atoms with van der Waals surface area (Å²) in [6.45, 7) is 8.76. The largest absolute Gasteiger partial charge is 0.481 e. The Bertz CT molecular complexity index is 2160. The van der Waals surface area contributed by atoms with E-state index in [9.17, 15) is 38.4 Å². The Balaban J connectivity index is 0.000000574. The lowest BCUT2D eigenvalue weighted by Gasteiger charge is -2.19. The molecule has 20 heteroatoms. The molecule has 0 aliphatic heterocycles. The van der Waals surface area contributed by atoms with E-state index < -0.39 is 48.7 Å². The maximum absolute atomic E-state index is 12.6. The number of hydrogen-bond acceptors (Lipinski definition) is 11. The minimum atomic E-state index is -1.24. The van der Waals surface area contributed by atoms with Crippen molar-refractivity contribution in [1.29, 1.82) is 0 Å². The lowest BCUT2D eigenvalue weighted by Crippen LogP contribution is -2.42. The number of carbonyl (C=O) groups is 8. The van der Waals surface area contributed by atoms with Crippen LogP contribution in [0, 0.1) is 17.8 Å². The Morgan fingerprint density at radius 3 is 1.05 bits per heavy atom. The lowest BCUT2D eigenvalue weighted by molar-refractivity contribution is -0.143. The fourth-order valence-electron chi connectivity index (χ4n) is 8.17. The Morgan fingerprint density at radius 1 is 0.474 bits per heavy atom. The summed E-state index contributed by atoms with van der Waals surface area (Å²) in [5.74, 6) is -3.74. The normalized spacial score (nSPS) is 12.9. The SMILES string of the molecule is CC(=O)N[C@@H](CCCCN)C(=O)C[C@@H](C)Cc1ccccc1.C[C@H](CC(=O)[C@H](CCCN=C(N)N)NC(=O)CC(=O)O)Cc1ccccc1.C[C@H](CC(=O)[C@H](CCCN=C(N)N)NC(=O)CC(=O)O)Cc1ccccc1. The number of carboxylic acids is 2. The Hall–Kier alpha value is -7.48. The third kappa shape index (κ3) is 34.1. The first-order valence-corrected chi connectivity index (χ1v) is 25.9. The number of aliphatic carboxylic acids is 2. The van der Waals surface area contributed by atoms with Gasteiger partial charge in [-0.2, -0.15) is 0 Å². The van der Waals surface area contributed by atoms with Crippen molar-refractivity contribution in [2.24, 2.45) is 56.4 Å². The van der Waals surface area contributed by atoms with E-state index in [0.717, 1.165) is 43.2 Å². The monoisotopic (exact) mass is 1060 g/mol. The van der Waals surface area contributed by atoms with Crippen LogP contribution in [-0.2, 0) is 57.6 Å². The van der Waals surface area contributed by atoms with Gasteiger partial charge in [-0.05, 0) is 105 Å². The number of ketones is 3. The number of Topliss-reactive ketones (excluding diaryl/α,β-unsaturated/α-hetero) is 3. The van der Waals surface area contributed by atoms with E-state index in [1.807, 2.05) is 92.7 Å². The molecule has 6 atom stereocenters. The quantitative estimate of drug-likeness (QED) is 0.0174. The second kappa shape index (κ2) is 39.0. The van der Waals surface area contributed by atoms with Crippen LogP contribution in [0.4, 0.5) is 0 Å². The van der Waals surface area contributed by atoms with Crippen LogP contribution >= 0.6 is 0 Å². The van der Waals surface area contributed by atoms with Crippen molar-refractivity contribution >= 4 is 58.9 Å². The number of carboxylic acid groups (broad SMARTS) is 2. The van der Waals surface area contributed by atoms with Crippen LogP contribution in [0.1, 0.15) is 121 Å². The van der Waals surface area contributed by atoms with Crippen LogP contribution in [-0.4, -0.2) is 107 Å². The molecule has 20 nitrogen and oxygen atoms in total. The van der Waals surface area contributed by atoms with Gasteiger partial charge < -0.3 is 54.8 Å². The second-order valence-corrected chi connectivity index (χ2v) is 19.2. The summed E-state index contributed by atoms with van der Waals surface area (Å²) in [7, 11) is 0. The molecule has 3 aromatic carbocycles. The van der Waals surface area contributed by atoms with Gasteiger partial charge in [0.2, 0.25) is 17.7 Å². The van der Waals surface area contributed by atoms with Crippen molar-refractivity contribution in [2.45, 2.75) is 142 Å². The highest BCUT2D eigenvalue weighted by Crippen LogP contribution is 2.18. The molecule has 0 heterocycles. The number of aliphatic imine (C=N–C) groups is 2. The summed E-state index contributed by atoms with van der Waals surface area (Å²) < 4.78 is 0. The first-order valence-electron chi connectivity index (χ1n) is 25.9. The van der Waals surface area contributed by atoms with Gasteiger partial charge in [0, 0.05) is 39.3 Å². The maximum atomic E-state index is 12.6. The third-order valence-electron chi connectivity index (χ3n) is 11.6. The number of benzene rings is 3. The van der Waals surface area contributed by atoms with Crippen molar-refractivity contribution in [3.8, 4) is 0 Å². The van der Waals surface area contributed by atoms with E-state index in [1.54, 1.807) is 0 Å². The van der Waals surface area contributed by atoms with Crippen molar-refractivity contribution in [2.75, 3.05) is 19.6 Å². The van der Waals surface area contributed by atoms with E-state index in [0.29, 0.717) is 58.2 Å². The third-order valence-corrected chi connectivity index (χ3v) is 11.6. The van der Waals surface area contributed by atoms with Gasteiger partial charge in [0.25, 0.3) is 0 Å². The molecule has 0 aromatic heterocycles. The maximum Gasteiger partial charge on any atom is 0.312 e. The molecule has 0 bridgehead atoms. The zero-order valence-electron chi connectivity index (χ0n) is 44.8. The first-order chi connectivity index (χ1) is 36.1. The Labute approximate surface area is 447 Å². The molecule has 0 aliphatic rings. The predicted molar refractivity (Wildman–Crippen MR) is 296 cm³/mol. The van der Waals surface area contributed by atoms with Crippen LogP contribution in [0.5, 0.6) is 0 Å². The average molecular weight is 1060 g/mol. The first kappa shape index (κ1) is 66.5. The molecule has 3 amide bonds. The highest BCUT2D eigenvalue weighted by Gasteiger charge is 2.25. The fourth-order valence-corrected chi connectivity index (χ4v) is 8.17. The van der Waals surface area contributed by atoms with E-state index in [1.165, 1.54) is 12.5 Å². The molecule has 3 rings (SSSR count). The zero-order chi connectivity index (χ0) is 56.8. The fraction of sp³-hybridized carbons (Fsp3) is 0.500. The predicted octanol–water partition coefficient (Wildman–Crippen LogP) is 4.13. The lowest BCUT2D eigenvalue weighted by atomic mass is 9.92. The smallest absolute Gasteiger partial charge is 0.312 e. The molecule has 0 aliphatic carbocycles. The summed E-state index contributed by atoms with van der Waals surface area (Å²) in [5, 5.41) is 25.3. The number of nitrogens with two attached hydrogens (primary N) is 5. The molecule has 0 fully saturated rings. The average Bonchev–Trinajstić information content (AvgIpc) is 3.33. The molecular weight excluding hydrogens is 973 g/mol.